The molecular formula is C21H17ClN2O4. The molecule has 0 spiro atoms. The molecule has 2 N–H and O–H groups in total. The number of furan rings is 1. The van der Waals surface area contributed by atoms with Crippen LogP contribution >= 0.6 is 11.6 Å². The molecule has 6 nitrogen and oxygen atoms in total. The summed E-state index contributed by atoms with van der Waals surface area (Å²) in [7, 11) is 1.48. The molecule has 1 aromatic heterocycles. The maximum atomic E-state index is 12.1. The van der Waals surface area contributed by atoms with Crippen molar-refractivity contribution in [3.63, 3.8) is 0 Å². The Labute approximate surface area is 166 Å². The normalized spacial score (nSPS) is 10.6. The average molecular weight is 397 g/mol. The summed E-state index contributed by atoms with van der Waals surface area (Å²) in [6, 6.07) is 15.2. The van der Waals surface area contributed by atoms with Crippen LogP contribution in [0.1, 0.15) is 16.1 Å². The Balaban J connectivity index is 1.66. The lowest BCUT2D eigenvalue weighted by atomic mass is 10.2. The number of halogens is 1. The number of carbonyl (C=O) groups is 2. The van der Waals surface area contributed by atoms with Gasteiger partial charge in [-0.25, -0.2) is 0 Å². The summed E-state index contributed by atoms with van der Waals surface area (Å²) < 4.78 is 10.4. The van der Waals surface area contributed by atoms with Crippen LogP contribution in [-0.4, -0.2) is 18.9 Å². The van der Waals surface area contributed by atoms with E-state index in [4.69, 9.17) is 20.8 Å². The third-order valence-corrected chi connectivity index (χ3v) is 4.01. The van der Waals surface area contributed by atoms with Crippen molar-refractivity contribution >= 4 is 40.9 Å². The van der Waals surface area contributed by atoms with Crippen molar-refractivity contribution in [2.24, 2.45) is 0 Å². The fraction of sp³-hybridized carbons (Fsp3) is 0.0476. The molecule has 28 heavy (non-hydrogen) atoms. The summed E-state index contributed by atoms with van der Waals surface area (Å²) in [5, 5.41) is 6.08. The number of benzene rings is 2. The van der Waals surface area contributed by atoms with Crippen LogP contribution in [0.5, 0.6) is 5.75 Å². The van der Waals surface area contributed by atoms with E-state index in [1.165, 1.54) is 19.4 Å². The number of amides is 2. The van der Waals surface area contributed by atoms with Crippen LogP contribution in [0.15, 0.2) is 71.4 Å². The third kappa shape index (κ3) is 5.02. The number of carbonyl (C=O) groups excluding carboxylic acids is 2. The molecule has 1 heterocycles. The van der Waals surface area contributed by atoms with Crippen LogP contribution in [0.2, 0.25) is 5.02 Å². The molecule has 0 unspecified atom stereocenters. The van der Waals surface area contributed by atoms with E-state index in [9.17, 15) is 9.59 Å². The van der Waals surface area contributed by atoms with Crippen LogP contribution in [0.3, 0.4) is 0 Å². The molecule has 0 atom stereocenters. The molecule has 2 amide bonds. The van der Waals surface area contributed by atoms with E-state index in [2.05, 4.69) is 10.6 Å². The Bertz CT molecular complexity index is 996. The Kier molecular flexibility index (Phi) is 6.14. The van der Waals surface area contributed by atoms with Gasteiger partial charge >= 0.3 is 0 Å². The van der Waals surface area contributed by atoms with Crippen molar-refractivity contribution in [2.75, 3.05) is 17.7 Å². The summed E-state index contributed by atoms with van der Waals surface area (Å²) in [5.41, 5.74) is 1.84. The second kappa shape index (κ2) is 8.92. The number of hydrogen-bond donors (Lipinski definition) is 2. The molecule has 3 rings (SSSR count). The van der Waals surface area contributed by atoms with Crippen molar-refractivity contribution in [1.82, 2.24) is 0 Å². The zero-order valence-corrected chi connectivity index (χ0v) is 15.7. The van der Waals surface area contributed by atoms with Crippen LogP contribution in [0.4, 0.5) is 11.4 Å². The molecule has 3 aromatic rings. The monoisotopic (exact) mass is 396 g/mol. The van der Waals surface area contributed by atoms with Crippen LogP contribution in [0, 0.1) is 0 Å². The van der Waals surface area contributed by atoms with Gasteiger partial charge in [0, 0.05) is 22.9 Å². The second-order valence-electron chi connectivity index (χ2n) is 5.72. The standard InChI is InChI=1S/C21H17ClN2O4/c1-27-19-13-16(9-10-17(19)24-21(26)18-3-2-12-28-18)23-20(25)11-6-14-4-7-15(22)8-5-14/h2-13H,1H3,(H,23,25)(H,24,26). The number of ether oxygens (including phenoxy) is 1. The molecule has 0 saturated carbocycles. The Morgan fingerprint density at radius 1 is 1.07 bits per heavy atom. The lowest BCUT2D eigenvalue weighted by molar-refractivity contribution is -0.111. The first-order valence-corrected chi connectivity index (χ1v) is 8.70. The van der Waals surface area contributed by atoms with Crippen molar-refractivity contribution in [1.29, 1.82) is 0 Å². The van der Waals surface area contributed by atoms with E-state index in [1.807, 2.05) is 12.1 Å². The molecule has 142 valence electrons. The van der Waals surface area contributed by atoms with E-state index in [0.717, 1.165) is 5.56 Å². The van der Waals surface area contributed by atoms with Gasteiger partial charge in [0.05, 0.1) is 19.1 Å². The minimum absolute atomic E-state index is 0.187. The van der Waals surface area contributed by atoms with E-state index in [0.29, 0.717) is 22.1 Å². The smallest absolute Gasteiger partial charge is 0.291 e. The molecule has 0 aliphatic carbocycles. The number of hydrogen-bond acceptors (Lipinski definition) is 4. The van der Waals surface area contributed by atoms with Gasteiger partial charge in [0.15, 0.2) is 5.76 Å². The van der Waals surface area contributed by atoms with Crippen molar-refractivity contribution < 1.29 is 18.7 Å². The zero-order chi connectivity index (χ0) is 19.9. The van der Waals surface area contributed by atoms with Gasteiger partial charge in [-0.1, -0.05) is 23.7 Å². The van der Waals surface area contributed by atoms with Gasteiger partial charge in [0.1, 0.15) is 5.75 Å². The van der Waals surface area contributed by atoms with Crippen molar-refractivity contribution in [3.05, 3.63) is 83.3 Å². The molecule has 0 aliphatic rings. The molecule has 7 heteroatoms. The lowest BCUT2D eigenvalue weighted by Crippen LogP contribution is -2.12. The van der Waals surface area contributed by atoms with Crippen LogP contribution < -0.4 is 15.4 Å². The van der Waals surface area contributed by atoms with Gasteiger partial charge in [-0.2, -0.15) is 0 Å². The zero-order valence-electron chi connectivity index (χ0n) is 14.9. The molecule has 0 radical (unpaired) electrons. The first kappa shape index (κ1) is 19.3. The highest BCUT2D eigenvalue weighted by Crippen LogP contribution is 2.28. The molecule has 0 saturated heterocycles. The van der Waals surface area contributed by atoms with Gasteiger partial charge in [-0.15, -0.1) is 0 Å². The third-order valence-electron chi connectivity index (χ3n) is 3.76. The Morgan fingerprint density at radius 2 is 1.86 bits per heavy atom. The second-order valence-corrected chi connectivity index (χ2v) is 6.16. The molecule has 0 bridgehead atoms. The van der Waals surface area contributed by atoms with Gasteiger partial charge in [0.25, 0.3) is 5.91 Å². The topological polar surface area (TPSA) is 80.6 Å². The predicted molar refractivity (Wildman–Crippen MR) is 109 cm³/mol. The fourth-order valence-electron chi connectivity index (χ4n) is 2.39. The number of nitrogens with one attached hydrogen (secondary N) is 2. The van der Waals surface area contributed by atoms with Crippen molar-refractivity contribution in [3.8, 4) is 5.75 Å². The van der Waals surface area contributed by atoms with E-state index in [1.54, 1.807) is 48.5 Å². The van der Waals surface area contributed by atoms with E-state index >= 15 is 0 Å². The van der Waals surface area contributed by atoms with Crippen molar-refractivity contribution in [2.45, 2.75) is 0 Å². The predicted octanol–water partition coefficient (Wildman–Crippen LogP) is 4.85. The fourth-order valence-corrected chi connectivity index (χ4v) is 2.52. The number of rotatable bonds is 6. The summed E-state index contributed by atoms with van der Waals surface area (Å²) in [5.74, 6) is -0.110. The van der Waals surface area contributed by atoms with E-state index < -0.39 is 5.91 Å². The summed E-state index contributed by atoms with van der Waals surface area (Å²) in [6.07, 6.45) is 4.52. The van der Waals surface area contributed by atoms with Gasteiger partial charge in [-0.3, -0.25) is 9.59 Å². The molecule has 0 fully saturated rings. The minimum atomic E-state index is -0.397. The highest BCUT2D eigenvalue weighted by Gasteiger charge is 2.12. The van der Waals surface area contributed by atoms with Gasteiger partial charge in [0.2, 0.25) is 5.91 Å². The van der Waals surface area contributed by atoms with Gasteiger partial charge < -0.3 is 19.8 Å². The van der Waals surface area contributed by atoms with E-state index in [-0.39, 0.29) is 11.7 Å². The maximum absolute atomic E-state index is 12.1. The Morgan fingerprint density at radius 3 is 2.54 bits per heavy atom. The molecular weight excluding hydrogens is 380 g/mol. The SMILES string of the molecule is COc1cc(NC(=O)C=Cc2ccc(Cl)cc2)ccc1NC(=O)c1ccco1. The minimum Gasteiger partial charge on any atom is -0.494 e. The highest BCUT2D eigenvalue weighted by molar-refractivity contribution is 6.30. The largest absolute Gasteiger partial charge is 0.494 e. The number of methoxy groups -OCH3 is 1. The lowest BCUT2D eigenvalue weighted by Gasteiger charge is -2.11. The first-order chi connectivity index (χ1) is 13.5. The van der Waals surface area contributed by atoms with Gasteiger partial charge in [-0.05, 0) is 48.0 Å². The Hall–Kier alpha value is -3.51. The summed E-state index contributed by atoms with van der Waals surface area (Å²) in [6.45, 7) is 0. The molecule has 0 aliphatic heterocycles. The summed E-state index contributed by atoms with van der Waals surface area (Å²) >= 11 is 5.84. The first-order valence-electron chi connectivity index (χ1n) is 8.32. The van der Waals surface area contributed by atoms with Crippen LogP contribution in [-0.2, 0) is 4.79 Å². The quantitative estimate of drug-likeness (QED) is 0.584. The number of anilines is 2. The summed E-state index contributed by atoms with van der Waals surface area (Å²) in [4.78, 5) is 24.2. The highest BCUT2D eigenvalue weighted by atomic mass is 35.5. The van der Waals surface area contributed by atoms with Crippen LogP contribution in [0.25, 0.3) is 6.08 Å². The molecule has 2 aromatic carbocycles. The average Bonchev–Trinajstić information content (AvgIpc) is 3.23. The maximum Gasteiger partial charge on any atom is 0.291 e.